The van der Waals surface area contributed by atoms with Gasteiger partial charge in [0.25, 0.3) is 0 Å². The number of anilines is 1. The van der Waals surface area contributed by atoms with Gasteiger partial charge in [0.05, 0.1) is 6.61 Å². The lowest BCUT2D eigenvalue weighted by Gasteiger charge is -2.60. The van der Waals surface area contributed by atoms with Gasteiger partial charge in [-0.05, 0) is 59.2 Å². The number of fused-ring (bicyclic) bond motifs is 1. The van der Waals surface area contributed by atoms with Gasteiger partial charge in [-0.25, -0.2) is 0 Å². The van der Waals surface area contributed by atoms with Gasteiger partial charge in [-0.3, -0.25) is 0 Å². The molecule has 2 aromatic heterocycles. The number of aromatic nitrogens is 4. The summed E-state index contributed by atoms with van der Waals surface area (Å²) in [5, 5.41) is 25.5. The van der Waals surface area contributed by atoms with E-state index >= 15 is 0 Å². The molecule has 2 aromatic rings. The maximum atomic E-state index is 9.76. The van der Waals surface area contributed by atoms with Gasteiger partial charge in [0.15, 0.2) is 5.65 Å². The minimum Gasteiger partial charge on any atom is -0.396 e. The molecule has 1 spiro atoms. The summed E-state index contributed by atoms with van der Waals surface area (Å²) in [6, 6.07) is 3.78. The average Bonchev–Trinajstić information content (AvgIpc) is 2.78. The van der Waals surface area contributed by atoms with Crippen molar-refractivity contribution in [3.63, 3.8) is 0 Å². The minimum atomic E-state index is 0.0292. The third-order valence-corrected chi connectivity index (χ3v) is 5.61. The van der Waals surface area contributed by atoms with Crippen LogP contribution in [0.15, 0.2) is 16.9 Å². The van der Waals surface area contributed by atoms with Crippen molar-refractivity contribution in [2.75, 3.05) is 18.5 Å². The van der Waals surface area contributed by atoms with Crippen LogP contribution in [0.2, 0.25) is 0 Å². The predicted octanol–water partition coefficient (Wildman–Crippen LogP) is 2.24. The van der Waals surface area contributed by atoms with Crippen molar-refractivity contribution in [3.8, 4) is 0 Å². The van der Waals surface area contributed by atoms with Crippen molar-refractivity contribution in [2.45, 2.75) is 32.1 Å². The number of rotatable bonds is 4. The number of aliphatic hydroxyl groups excluding tert-OH is 1. The monoisotopic (exact) mass is 351 g/mol. The van der Waals surface area contributed by atoms with Gasteiger partial charge in [0.2, 0.25) is 4.73 Å². The Kier molecular flexibility index (Phi) is 2.97. The molecule has 0 aromatic carbocycles. The second kappa shape index (κ2) is 4.64. The van der Waals surface area contributed by atoms with Crippen LogP contribution in [0.5, 0.6) is 0 Å². The number of hydrogen-bond donors (Lipinski definition) is 2. The summed E-state index contributed by atoms with van der Waals surface area (Å²) in [6.45, 7) is 1.02. The minimum absolute atomic E-state index is 0.0292. The molecule has 2 heterocycles. The van der Waals surface area contributed by atoms with Gasteiger partial charge in [-0.15, -0.1) is 15.3 Å². The molecule has 0 unspecified atom stereocenters. The van der Waals surface area contributed by atoms with Gasteiger partial charge in [-0.2, -0.15) is 4.52 Å². The molecule has 7 heteroatoms. The molecule has 0 amide bonds. The van der Waals surface area contributed by atoms with Crippen molar-refractivity contribution >= 4 is 27.4 Å². The van der Waals surface area contributed by atoms with E-state index in [-0.39, 0.29) is 12.0 Å². The van der Waals surface area contributed by atoms with E-state index in [0.29, 0.717) is 15.8 Å². The zero-order chi connectivity index (χ0) is 14.5. The van der Waals surface area contributed by atoms with Crippen LogP contribution in [-0.4, -0.2) is 38.1 Å². The summed E-state index contributed by atoms with van der Waals surface area (Å²) in [5.41, 5.74) is 1.29. The fourth-order valence-corrected chi connectivity index (χ4v) is 4.34. The van der Waals surface area contributed by atoms with Crippen LogP contribution in [0.3, 0.4) is 0 Å². The molecule has 0 aliphatic heterocycles. The zero-order valence-electron chi connectivity index (χ0n) is 11.7. The van der Waals surface area contributed by atoms with E-state index in [1.807, 2.05) is 12.1 Å². The van der Waals surface area contributed by atoms with Crippen LogP contribution < -0.4 is 5.32 Å². The van der Waals surface area contributed by atoms with E-state index in [1.165, 1.54) is 19.3 Å². The fourth-order valence-electron chi connectivity index (χ4n) is 4.00. The standard InChI is InChI=1S/C14H18BrN5O/c15-12-18-17-11-3-2-10(19-20(11)12)16-8-14(9-21)6-13(7-14)4-1-5-13/h2-3,21H,1,4-9H2,(H,16,19). The summed E-state index contributed by atoms with van der Waals surface area (Å²) in [4.78, 5) is 0. The van der Waals surface area contributed by atoms with Crippen LogP contribution in [0.25, 0.3) is 5.65 Å². The van der Waals surface area contributed by atoms with Crippen molar-refractivity contribution in [1.82, 2.24) is 19.8 Å². The Hall–Kier alpha value is -1.21. The number of hydrogen-bond acceptors (Lipinski definition) is 5. The first-order valence-corrected chi connectivity index (χ1v) is 8.16. The summed E-state index contributed by atoms with van der Waals surface area (Å²) >= 11 is 3.32. The summed E-state index contributed by atoms with van der Waals surface area (Å²) in [5.74, 6) is 0.783. The van der Waals surface area contributed by atoms with Crippen LogP contribution in [0.1, 0.15) is 32.1 Å². The van der Waals surface area contributed by atoms with E-state index in [2.05, 4.69) is 36.5 Å². The Balaban J connectivity index is 1.46. The van der Waals surface area contributed by atoms with E-state index in [4.69, 9.17) is 0 Å². The Morgan fingerprint density at radius 2 is 2.10 bits per heavy atom. The highest BCUT2D eigenvalue weighted by molar-refractivity contribution is 9.10. The Morgan fingerprint density at radius 1 is 1.29 bits per heavy atom. The molecule has 2 saturated carbocycles. The van der Waals surface area contributed by atoms with Gasteiger partial charge in [0.1, 0.15) is 5.82 Å². The molecular formula is C14H18BrN5O. The average molecular weight is 352 g/mol. The fraction of sp³-hybridized carbons (Fsp3) is 0.643. The van der Waals surface area contributed by atoms with Crippen molar-refractivity contribution in [2.24, 2.45) is 10.8 Å². The lowest BCUT2D eigenvalue weighted by atomic mass is 9.45. The first-order valence-electron chi connectivity index (χ1n) is 7.37. The lowest BCUT2D eigenvalue weighted by molar-refractivity contribution is -0.113. The molecule has 2 N–H and O–H groups in total. The van der Waals surface area contributed by atoms with Gasteiger partial charge in [-0.1, -0.05) is 6.42 Å². The molecule has 112 valence electrons. The van der Waals surface area contributed by atoms with Gasteiger partial charge >= 0.3 is 0 Å². The first kappa shape index (κ1) is 13.5. The smallest absolute Gasteiger partial charge is 0.221 e. The summed E-state index contributed by atoms with van der Waals surface area (Å²) < 4.78 is 2.25. The molecule has 0 radical (unpaired) electrons. The molecule has 21 heavy (non-hydrogen) atoms. The molecule has 0 bridgehead atoms. The quantitative estimate of drug-likeness (QED) is 0.883. The van der Waals surface area contributed by atoms with Gasteiger partial charge < -0.3 is 10.4 Å². The summed E-state index contributed by atoms with van der Waals surface area (Å²) in [7, 11) is 0. The lowest BCUT2D eigenvalue weighted by Crippen LogP contribution is -2.55. The van der Waals surface area contributed by atoms with Crippen LogP contribution in [0, 0.1) is 10.8 Å². The maximum absolute atomic E-state index is 9.76. The molecule has 2 fully saturated rings. The number of nitrogens with one attached hydrogen (secondary N) is 1. The molecule has 2 aliphatic rings. The molecular weight excluding hydrogens is 334 g/mol. The Bertz CT molecular complexity index is 673. The molecule has 4 rings (SSSR count). The third kappa shape index (κ3) is 2.14. The normalized spacial score (nSPS) is 22.0. The highest BCUT2D eigenvalue weighted by Crippen LogP contribution is 2.64. The van der Waals surface area contributed by atoms with Crippen molar-refractivity contribution in [1.29, 1.82) is 0 Å². The second-order valence-corrected chi connectivity index (χ2v) is 7.39. The van der Waals surface area contributed by atoms with Crippen LogP contribution in [-0.2, 0) is 0 Å². The number of aliphatic hydroxyl groups is 1. The van der Waals surface area contributed by atoms with Crippen molar-refractivity contribution in [3.05, 3.63) is 16.9 Å². The zero-order valence-corrected chi connectivity index (χ0v) is 13.3. The maximum Gasteiger partial charge on any atom is 0.221 e. The molecule has 0 atom stereocenters. The highest BCUT2D eigenvalue weighted by atomic mass is 79.9. The van der Waals surface area contributed by atoms with Crippen molar-refractivity contribution < 1.29 is 5.11 Å². The molecule has 0 saturated heterocycles. The van der Waals surface area contributed by atoms with Crippen LogP contribution >= 0.6 is 15.9 Å². The van der Waals surface area contributed by atoms with E-state index < -0.39 is 0 Å². The first-order chi connectivity index (χ1) is 10.1. The van der Waals surface area contributed by atoms with E-state index in [1.54, 1.807) is 4.52 Å². The number of nitrogens with zero attached hydrogens (tertiary/aromatic N) is 4. The second-order valence-electron chi connectivity index (χ2n) is 6.68. The van der Waals surface area contributed by atoms with Gasteiger partial charge in [0, 0.05) is 12.0 Å². The topological polar surface area (TPSA) is 75.3 Å². The van der Waals surface area contributed by atoms with E-state index in [0.717, 1.165) is 25.2 Å². The SMILES string of the molecule is OCC1(CNc2ccc3nnc(Br)n3n2)CC2(CCC2)C1. The largest absolute Gasteiger partial charge is 0.396 e. The highest BCUT2D eigenvalue weighted by Gasteiger charge is 2.56. The predicted molar refractivity (Wildman–Crippen MR) is 82.0 cm³/mol. The van der Waals surface area contributed by atoms with Crippen LogP contribution in [0.4, 0.5) is 5.82 Å². The van der Waals surface area contributed by atoms with E-state index in [9.17, 15) is 5.11 Å². The third-order valence-electron chi connectivity index (χ3n) is 5.12. The number of halogens is 1. The molecule has 2 aliphatic carbocycles. The summed E-state index contributed by atoms with van der Waals surface area (Å²) in [6.07, 6.45) is 6.32. The Labute approximate surface area is 131 Å². The molecule has 6 nitrogen and oxygen atoms in total. The Morgan fingerprint density at radius 3 is 2.76 bits per heavy atom.